The van der Waals surface area contributed by atoms with Crippen LogP contribution in [0.3, 0.4) is 0 Å². The Bertz CT molecular complexity index is 127. The third-order valence-electron chi connectivity index (χ3n) is 1.84. The fourth-order valence-electron chi connectivity index (χ4n) is 1.22. The lowest BCUT2D eigenvalue weighted by molar-refractivity contribution is -0.248. The lowest BCUT2D eigenvalue weighted by Crippen LogP contribution is -2.61. The van der Waals surface area contributed by atoms with Gasteiger partial charge in [-0.05, 0) is 20.8 Å². The van der Waals surface area contributed by atoms with Gasteiger partial charge in [0.25, 0.3) is 0 Å². The Morgan fingerprint density at radius 1 is 1.30 bits per heavy atom. The Morgan fingerprint density at radius 3 is 1.80 bits per heavy atom. The Labute approximate surface area is 60.0 Å². The molecule has 0 aliphatic carbocycles. The number of hydrogen-bond donors (Lipinski definition) is 0. The number of halogens is 2. The van der Waals surface area contributed by atoms with E-state index in [0.717, 1.165) is 0 Å². The summed E-state index contributed by atoms with van der Waals surface area (Å²) in [6.07, 6.45) is 0.0181. The average Bonchev–Trinajstić information content (AvgIpc) is 1.58. The SMILES string of the molecule is CC(C)(C)N1CCC1(F)F. The first kappa shape index (κ1) is 7.92. The fourth-order valence-corrected chi connectivity index (χ4v) is 1.22. The van der Waals surface area contributed by atoms with Gasteiger partial charge in [-0.25, -0.2) is 4.90 Å². The number of nitrogens with zero attached hydrogens (tertiary/aromatic N) is 1. The molecule has 1 nitrogen and oxygen atoms in total. The predicted octanol–water partition coefficient (Wildman–Crippen LogP) is 2.08. The molecule has 0 bridgehead atoms. The molecule has 0 saturated carbocycles. The number of hydrogen-bond acceptors (Lipinski definition) is 1. The van der Waals surface area contributed by atoms with E-state index in [2.05, 4.69) is 0 Å². The zero-order chi connectivity index (χ0) is 7.99. The van der Waals surface area contributed by atoms with Crippen LogP contribution in [0.5, 0.6) is 0 Å². The summed E-state index contributed by atoms with van der Waals surface area (Å²) in [5, 5.41) is 0. The highest BCUT2D eigenvalue weighted by Gasteiger charge is 2.50. The highest BCUT2D eigenvalue weighted by molar-refractivity contribution is 4.90. The molecule has 0 radical (unpaired) electrons. The minimum Gasteiger partial charge on any atom is -0.239 e. The van der Waals surface area contributed by atoms with E-state index in [1.807, 2.05) is 0 Å². The van der Waals surface area contributed by atoms with Crippen molar-refractivity contribution in [3.63, 3.8) is 0 Å². The normalized spacial score (nSPS) is 26.1. The third kappa shape index (κ3) is 1.15. The van der Waals surface area contributed by atoms with Crippen molar-refractivity contribution < 1.29 is 8.78 Å². The quantitative estimate of drug-likeness (QED) is 0.477. The van der Waals surface area contributed by atoms with Gasteiger partial charge in [-0.1, -0.05) is 0 Å². The molecule has 0 unspecified atom stereocenters. The fraction of sp³-hybridized carbons (Fsp3) is 1.00. The minimum absolute atomic E-state index is 0.0181. The molecular weight excluding hydrogens is 136 g/mol. The van der Waals surface area contributed by atoms with E-state index in [1.165, 1.54) is 4.90 Å². The molecule has 0 aromatic carbocycles. The molecular formula is C7H13F2N. The van der Waals surface area contributed by atoms with Crippen molar-refractivity contribution in [2.24, 2.45) is 0 Å². The number of likely N-dealkylation sites (tertiary alicyclic amines) is 1. The summed E-state index contributed by atoms with van der Waals surface area (Å²) in [5.74, 6) is 0. The summed E-state index contributed by atoms with van der Waals surface area (Å²) in [6, 6.07) is -2.54. The van der Waals surface area contributed by atoms with Gasteiger partial charge in [-0.3, -0.25) is 0 Å². The van der Waals surface area contributed by atoms with Crippen LogP contribution in [-0.4, -0.2) is 23.0 Å². The van der Waals surface area contributed by atoms with Gasteiger partial charge in [-0.15, -0.1) is 0 Å². The first-order valence-corrected chi connectivity index (χ1v) is 3.49. The predicted molar refractivity (Wildman–Crippen MR) is 36.0 cm³/mol. The molecule has 60 valence electrons. The van der Waals surface area contributed by atoms with Crippen molar-refractivity contribution in [1.82, 2.24) is 4.90 Å². The molecule has 1 saturated heterocycles. The van der Waals surface area contributed by atoms with E-state index in [1.54, 1.807) is 20.8 Å². The van der Waals surface area contributed by atoms with Crippen molar-refractivity contribution in [3.05, 3.63) is 0 Å². The second-order valence-corrected chi connectivity index (χ2v) is 3.74. The number of rotatable bonds is 0. The average molecular weight is 149 g/mol. The van der Waals surface area contributed by atoms with Gasteiger partial charge in [0.2, 0.25) is 0 Å². The topological polar surface area (TPSA) is 3.24 Å². The molecule has 0 amide bonds. The summed E-state index contributed by atoms with van der Waals surface area (Å²) >= 11 is 0. The van der Waals surface area contributed by atoms with E-state index >= 15 is 0 Å². The van der Waals surface area contributed by atoms with E-state index < -0.39 is 6.05 Å². The zero-order valence-electron chi connectivity index (χ0n) is 6.62. The third-order valence-corrected chi connectivity index (χ3v) is 1.84. The van der Waals surface area contributed by atoms with Crippen molar-refractivity contribution in [2.75, 3.05) is 6.54 Å². The molecule has 1 rings (SSSR count). The summed E-state index contributed by atoms with van der Waals surface area (Å²) in [5.41, 5.74) is -0.387. The Morgan fingerprint density at radius 2 is 1.80 bits per heavy atom. The Hall–Kier alpha value is -0.180. The van der Waals surface area contributed by atoms with E-state index in [-0.39, 0.29) is 12.0 Å². The van der Waals surface area contributed by atoms with Gasteiger partial charge < -0.3 is 0 Å². The van der Waals surface area contributed by atoms with Crippen LogP contribution in [0.1, 0.15) is 27.2 Å². The lowest BCUT2D eigenvalue weighted by Gasteiger charge is -2.48. The highest BCUT2D eigenvalue weighted by Crippen LogP contribution is 2.39. The van der Waals surface area contributed by atoms with Crippen molar-refractivity contribution in [3.8, 4) is 0 Å². The summed E-state index contributed by atoms with van der Waals surface area (Å²) in [4.78, 5) is 1.22. The lowest BCUT2D eigenvalue weighted by atomic mass is 9.99. The second-order valence-electron chi connectivity index (χ2n) is 3.74. The maximum Gasteiger partial charge on any atom is 0.306 e. The van der Waals surface area contributed by atoms with Crippen LogP contribution in [0.2, 0.25) is 0 Å². The van der Waals surface area contributed by atoms with Gasteiger partial charge in [-0.2, -0.15) is 8.78 Å². The maximum absolute atomic E-state index is 12.6. The summed E-state index contributed by atoms with van der Waals surface area (Å²) in [7, 11) is 0. The number of alkyl halides is 2. The van der Waals surface area contributed by atoms with Gasteiger partial charge in [0.1, 0.15) is 0 Å². The van der Waals surface area contributed by atoms with Gasteiger partial charge in [0, 0.05) is 18.5 Å². The van der Waals surface area contributed by atoms with Crippen molar-refractivity contribution in [1.29, 1.82) is 0 Å². The van der Waals surface area contributed by atoms with E-state index in [0.29, 0.717) is 6.54 Å². The monoisotopic (exact) mass is 149 g/mol. The van der Waals surface area contributed by atoms with Gasteiger partial charge in [0.05, 0.1) is 0 Å². The Balaban J connectivity index is 2.60. The standard InChI is InChI=1S/C7H13F2N/c1-6(2,3)10-5-4-7(10,8)9/h4-5H2,1-3H3. The molecule has 1 fully saturated rings. The van der Waals surface area contributed by atoms with Crippen LogP contribution in [0.25, 0.3) is 0 Å². The van der Waals surface area contributed by atoms with Gasteiger partial charge >= 0.3 is 6.05 Å². The van der Waals surface area contributed by atoms with Crippen LogP contribution in [0.4, 0.5) is 8.78 Å². The smallest absolute Gasteiger partial charge is 0.239 e. The summed E-state index contributed by atoms with van der Waals surface area (Å²) < 4.78 is 25.2. The van der Waals surface area contributed by atoms with E-state index in [4.69, 9.17) is 0 Å². The van der Waals surface area contributed by atoms with Crippen LogP contribution >= 0.6 is 0 Å². The molecule has 1 aliphatic rings. The van der Waals surface area contributed by atoms with Crippen molar-refractivity contribution >= 4 is 0 Å². The molecule has 0 aromatic heterocycles. The molecule has 0 aromatic rings. The molecule has 0 atom stereocenters. The van der Waals surface area contributed by atoms with Gasteiger partial charge in [0.15, 0.2) is 0 Å². The molecule has 1 heterocycles. The largest absolute Gasteiger partial charge is 0.306 e. The highest BCUT2D eigenvalue weighted by atomic mass is 19.3. The molecule has 0 spiro atoms. The van der Waals surface area contributed by atoms with Crippen molar-refractivity contribution in [2.45, 2.75) is 38.8 Å². The van der Waals surface area contributed by atoms with E-state index in [9.17, 15) is 8.78 Å². The first-order valence-electron chi connectivity index (χ1n) is 3.49. The van der Waals surface area contributed by atoms with Crippen LogP contribution in [0.15, 0.2) is 0 Å². The second kappa shape index (κ2) is 1.91. The Kier molecular flexibility index (Phi) is 1.51. The maximum atomic E-state index is 12.6. The minimum atomic E-state index is -2.54. The molecule has 3 heteroatoms. The molecule has 0 N–H and O–H groups in total. The van der Waals surface area contributed by atoms with Crippen LogP contribution in [0, 0.1) is 0 Å². The molecule has 10 heavy (non-hydrogen) atoms. The first-order chi connectivity index (χ1) is 4.34. The van der Waals surface area contributed by atoms with Crippen LogP contribution < -0.4 is 0 Å². The van der Waals surface area contributed by atoms with Crippen LogP contribution in [-0.2, 0) is 0 Å². The molecule has 1 aliphatic heterocycles. The summed E-state index contributed by atoms with van der Waals surface area (Å²) in [6.45, 7) is 5.94. The zero-order valence-corrected chi connectivity index (χ0v) is 6.62.